The Morgan fingerprint density at radius 1 is 1.05 bits per heavy atom. The molecule has 1 saturated carbocycles. The highest BCUT2D eigenvalue weighted by Crippen LogP contribution is 2.55. The summed E-state index contributed by atoms with van der Waals surface area (Å²) in [5.41, 5.74) is -0.268. The molecule has 3 saturated heterocycles. The monoisotopic (exact) mass is 863 g/mol. The Labute approximate surface area is 354 Å². The number of fused-ring (bicyclic) bond motifs is 4. The second-order valence-electron chi connectivity index (χ2n) is 16.5. The molecule has 0 spiro atoms. The van der Waals surface area contributed by atoms with E-state index >= 15 is 13.2 Å². The summed E-state index contributed by atoms with van der Waals surface area (Å²) in [6.45, 7) is 6.22. The van der Waals surface area contributed by atoms with Gasteiger partial charge in [-0.1, -0.05) is 35.3 Å². The average molecular weight is 865 g/mol. The van der Waals surface area contributed by atoms with Gasteiger partial charge in [-0.05, 0) is 82.3 Å². The van der Waals surface area contributed by atoms with Gasteiger partial charge in [0.05, 0.1) is 58.1 Å². The van der Waals surface area contributed by atoms with Crippen LogP contribution in [0.5, 0.6) is 0 Å². The van der Waals surface area contributed by atoms with Gasteiger partial charge in [0, 0.05) is 65.7 Å². The van der Waals surface area contributed by atoms with Crippen molar-refractivity contribution < 1.29 is 42.1 Å². The number of aliphatic hydroxyl groups is 1. The minimum absolute atomic E-state index is 0.0254. The van der Waals surface area contributed by atoms with Crippen LogP contribution in [-0.2, 0) is 20.6 Å². The zero-order valence-corrected chi connectivity index (χ0v) is 35.0. The number of pyridine rings is 1. The van der Waals surface area contributed by atoms with E-state index in [1.807, 2.05) is 4.57 Å². The molecule has 3 aliphatic heterocycles. The Bertz CT molecular complexity index is 2630. The highest BCUT2D eigenvalue weighted by molar-refractivity contribution is 6.43. The number of carbonyl (C=O) groups is 2. The molecule has 3 aromatic carbocycles. The van der Waals surface area contributed by atoms with Crippen LogP contribution in [0.25, 0.3) is 44.2 Å². The predicted molar refractivity (Wildman–Crippen MR) is 219 cm³/mol. The van der Waals surface area contributed by atoms with Crippen molar-refractivity contribution in [3.05, 3.63) is 86.8 Å². The summed E-state index contributed by atoms with van der Waals surface area (Å²) >= 11 is 13.2. The lowest BCUT2D eigenvalue weighted by atomic mass is 9.79. The van der Waals surface area contributed by atoms with Crippen molar-refractivity contribution in [2.45, 2.75) is 83.0 Å². The summed E-state index contributed by atoms with van der Waals surface area (Å²) in [5.74, 6) is -4.87. The van der Waals surface area contributed by atoms with E-state index in [0.717, 1.165) is 13.2 Å². The van der Waals surface area contributed by atoms with Crippen molar-refractivity contribution in [1.29, 1.82) is 5.26 Å². The SMILES string of the molecule is COC(=O)c1ccc(-c2nc3c(F)c(-c4cccc(Cl)c4Cl)c(CCC#N)cc3c3c2cc([C@H]2CCCN2C(O)OC)n3[C@H]2[C@@H]3C[C@H]2N(C(=O)OC(C)(C)C)C3)c(F)c1F. The molecule has 5 heterocycles. The van der Waals surface area contributed by atoms with Crippen molar-refractivity contribution in [3.63, 3.8) is 0 Å². The number of carbonyl (C=O) groups excluding carboxylic acids is 2. The van der Waals surface area contributed by atoms with Gasteiger partial charge in [-0.3, -0.25) is 0 Å². The number of aryl methyl sites for hydroxylation is 1. The molecular weight excluding hydrogens is 822 g/mol. The van der Waals surface area contributed by atoms with Gasteiger partial charge >= 0.3 is 12.1 Å². The third kappa shape index (κ3) is 6.84. The number of aliphatic hydroxyl groups excluding tert-OH is 1. The largest absolute Gasteiger partial charge is 0.465 e. The molecule has 11 nitrogen and oxygen atoms in total. The summed E-state index contributed by atoms with van der Waals surface area (Å²) in [6.07, 6.45) is 0.296. The summed E-state index contributed by atoms with van der Waals surface area (Å²) in [6, 6.07) is 11.6. The number of methoxy groups -OCH3 is 2. The molecule has 60 heavy (non-hydrogen) atoms. The second kappa shape index (κ2) is 15.8. The van der Waals surface area contributed by atoms with E-state index in [2.05, 4.69) is 10.8 Å². The minimum atomic E-state index is -1.47. The molecular formula is C44H42Cl2F3N5O6. The van der Waals surface area contributed by atoms with E-state index < -0.39 is 53.1 Å². The topological polar surface area (TPSA) is 130 Å². The van der Waals surface area contributed by atoms with Crippen LogP contribution < -0.4 is 0 Å². The van der Waals surface area contributed by atoms with Crippen LogP contribution in [0.15, 0.2) is 42.5 Å². The highest BCUT2D eigenvalue weighted by Gasteiger charge is 2.57. The summed E-state index contributed by atoms with van der Waals surface area (Å²) in [7, 11) is 2.44. The number of nitriles is 1. The normalized spacial score (nSPS) is 20.7. The van der Waals surface area contributed by atoms with Crippen molar-refractivity contribution >= 4 is 57.1 Å². The number of benzene rings is 3. The number of rotatable bonds is 9. The number of likely N-dealkylation sites (tertiary alicyclic amines) is 1. The minimum Gasteiger partial charge on any atom is -0.465 e. The number of aromatic nitrogens is 2. The third-order valence-corrected chi connectivity index (χ3v) is 12.7. The lowest BCUT2D eigenvalue weighted by Crippen LogP contribution is -2.45. The summed E-state index contributed by atoms with van der Waals surface area (Å²) < 4.78 is 68.1. The van der Waals surface area contributed by atoms with Gasteiger partial charge < -0.3 is 28.8 Å². The molecule has 2 bridgehead atoms. The standard InChI is InChI=1S/C44H42Cl2F3N5O6/c1-44(2,3)60-43(57)53-20-22-18-31(53)39(22)54-30(29-12-8-16-52(29)42(56)59-5)19-27-37(24-13-14-25(41(55)58-4)35(48)34(24)47)51-38-26(40(27)54)17-21(9-7-15-50)32(36(38)49)23-10-6-11-28(45)33(23)46/h6,10-11,13-14,17,19,22,29,31,39,42,56H,7-9,12,16,18,20H2,1-5H3/t22-,29-,31-,39+,42?/m1/s1. The number of ether oxygens (including phenoxy) is 3. The Balaban J connectivity index is 1.49. The molecule has 0 radical (unpaired) electrons. The number of amides is 1. The van der Waals surface area contributed by atoms with Crippen molar-refractivity contribution in [3.8, 4) is 28.5 Å². The van der Waals surface area contributed by atoms with Gasteiger partial charge in [0.1, 0.15) is 11.1 Å². The second-order valence-corrected chi connectivity index (χ2v) is 17.3. The Morgan fingerprint density at radius 3 is 2.52 bits per heavy atom. The maximum absolute atomic E-state index is 17.8. The first kappa shape index (κ1) is 41.8. The van der Waals surface area contributed by atoms with Gasteiger partial charge in [-0.25, -0.2) is 32.6 Å². The van der Waals surface area contributed by atoms with Crippen LogP contribution in [0, 0.1) is 34.7 Å². The van der Waals surface area contributed by atoms with E-state index in [1.165, 1.54) is 13.2 Å². The van der Waals surface area contributed by atoms with Gasteiger partial charge in [0.25, 0.3) is 0 Å². The first-order chi connectivity index (χ1) is 28.6. The van der Waals surface area contributed by atoms with Crippen LogP contribution in [0.3, 0.4) is 0 Å². The average Bonchev–Trinajstić information content (AvgIpc) is 4.02. The summed E-state index contributed by atoms with van der Waals surface area (Å²) in [5, 5.41) is 21.7. The molecule has 1 aliphatic carbocycles. The highest BCUT2D eigenvalue weighted by atomic mass is 35.5. The zero-order chi connectivity index (χ0) is 42.9. The Morgan fingerprint density at radius 2 is 1.82 bits per heavy atom. The van der Waals surface area contributed by atoms with E-state index in [9.17, 15) is 20.0 Å². The molecule has 5 atom stereocenters. The van der Waals surface area contributed by atoms with Gasteiger partial charge in [0.15, 0.2) is 17.5 Å². The molecule has 4 aliphatic rings. The van der Waals surface area contributed by atoms with Crippen LogP contribution >= 0.6 is 23.2 Å². The molecule has 16 heteroatoms. The molecule has 314 valence electrons. The van der Waals surface area contributed by atoms with Crippen LogP contribution in [0.1, 0.15) is 80.2 Å². The smallest absolute Gasteiger partial charge is 0.410 e. The van der Waals surface area contributed by atoms with E-state index in [1.54, 1.807) is 60.9 Å². The van der Waals surface area contributed by atoms with E-state index in [0.29, 0.717) is 59.9 Å². The Kier molecular flexibility index (Phi) is 11.0. The maximum atomic E-state index is 17.8. The fourth-order valence-electron chi connectivity index (χ4n) is 9.32. The van der Waals surface area contributed by atoms with E-state index in [4.69, 9.17) is 37.7 Å². The number of nitrogens with zero attached hydrogens (tertiary/aromatic N) is 5. The third-order valence-electron chi connectivity index (χ3n) is 11.9. The molecule has 4 fully saturated rings. The quantitative estimate of drug-likeness (QED) is 0.114. The van der Waals surface area contributed by atoms with Crippen molar-refractivity contribution in [1.82, 2.24) is 19.4 Å². The van der Waals surface area contributed by atoms with Crippen molar-refractivity contribution in [2.24, 2.45) is 5.92 Å². The van der Waals surface area contributed by atoms with Crippen LogP contribution in [0.2, 0.25) is 10.0 Å². The molecule has 5 aromatic rings. The lowest BCUT2D eigenvalue weighted by molar-refractivity contribution is -0.182. The Hall–Kier alpha value is -4.91. The van der Waals surface area contributed by atoms with E-state index in [-0.39, 0.29) is 68.8 Å². The van der Waals surface area contributed by atoms with Gasteiger partial charge in [-0.2, -0.15) is 5.26 Å². The van der Waals surface area contributed by atoms with Crippen LogP contribution in [-0.4, -0.2) is 81.9 Å². The van der Waals surface area contributed by atoms with Crippen molar-refractivity contribution in [2.75, 3.05) is 27.3 Å². The molecule has 1 unspecified atom stereocenters. The first-order valence-electron chi connectivity index (χ1n) is 19.6. The van der Waals surface area contributed by atoms with Gasteiger partial charge in [0.2, 0.25) is 6.41 Å². The fourth-order valence-corrected chi connectivity index (χ4v) is 9.72. The number of hydrogen-bond acceptors (Lipinski definition) is 9. The molecule has 2 aromatic heterocycles. The lowest BCUT2D eigenvalue weighted by Gasteiger charge is -2.41. The predicted octanol–water partition coefficient (Wildman–Crippen LogP) is 9.73. The molecule has 1 amide bonds. The summed E-state index contributed by atoms with van der Waals surface area (Å²) in [4.78, 5) is 34.4. The zero-order valence-electron chi connectivity index (χ0n) is 33.5. The van der Waals surface area contributed by atoms with Gasteiger partial charge in [-0.15, -0.1) is 0 Å². The first-order valence-corrected chi connectivity index (χ1v) is 20.4. The number of esters is 1. The fraction of sp³-hybridized carbons (Fsp3) is 0.409. The number of hydrogen-bond donors (Lipinski definition) is 1. The number of halogens is 5. The maximum Gasteiger partial charge on any atom is 0.410 e. The molecule has 9 rings (SSSR count). The van der Waals surface area contributed by atoms with Crippen LogP contribution in [0.4, 0.5) is 18.0 Å². The molecule has 1 N–H and O–H groups in total.